The summed E-state index contributed by atoms with van der Waals surface area (Å²) >= 11 is 0. The summed E-state index contributed by atoms with van der Waals surface area (Å²) in [5.41, 5.74) is 3.44. The van der Waals surface area contributed by atoms with Gasteiger partial charge in [0.1, 0.15) is 0 Å². The Kier molecular flexibility index (Phi) is 6.27. The molecule has 4 rings (SSSR count). The van der Waals surface area contributed by atoms with Crippen LogP contribution in [0.4, 0.5) is 14.5 Å². The number of halogens is 2. The fraction of sp³-hybridized carbons (Fsp3) is 0.259. The van der Waals surface area contributed by atoms with Crippen LogP contribution in [0.1, 0.15) is 42.2 Å². The summed E-state index contributed by atoms with van der Waals surface area (Å²) < 4.78 is 33.2. The van der Waals surface area contributed by atoms with Gasteiger partial charge in [-0.05, 0) is 61.7 Å². The van der Waals surface area contributed by atoms with Gasteiger partial charge in [0.2, 0.25) is 11.7 Å². The van der Waals surface area contributed by atoms with E-state index in [2.05, 4.69) is 17.1 Å². The van der Waals surface area contributed by atoms with Crippen molar-refractivity contribution in [3.63, 3.8) is 0 Å². The zero-order valence-electron chi connectivity index (χ0n) is 18.9. The predicted molar refractivity (Wildman–Crippen MR) is 127 cm³/mol. The van der Waals surface area contributed by atoms with Crippen molar-refractivity contribution < 1.29 is 18.0 Å². The molecule has 0 aliphatic heterocycles. The molecule has 0 N–H and O–H groups in total. The number of carbonyl (C=O) groups is 1. The van der Waals surface area contributed by atoms with Crippen LogP contribution in [0.25, 0.3) is 22.8 Å². The molecule has 0 atom stereocenters. The van der Waals surface area contributed by atoms with Crippen molar-refractivity contribution in [2.24, 2.45) is 0 Å². The molecule has 0 bridgehead atoms. The minimum absolute atomic E-state index is 0.0938. The summed E-state index contributed by atoms with van der Waals surface area (Å²) in [5.74, 6) is -2.57. The van der Waals surface area contributed by atoms with Gasteiger partial charge in [-0.25, -0.2) is 13.8 Å². The minimum atomic E-state index is -2.93. The molecular formula is C27H26F2N2O2. The highest BCUT2D eigenvalue weighted by Gasteiger charge is 2.25. The molecule has 1 aliphatic rings. The molecule has 2 aromatic carbocycles. The van der Waals surface area contributed by atoms with Crippen molar-refractivity contribution in [3.05, 3.63) is 83.6 Å². The molecule has 0 amide bonds. The van der Waals surface area contributed by atoms with Crippen molar-refractivity contribution in [3.8, 4) is 22.8 Å². The molecule has 1 aliphatic carbocycles. The molecule has 0 fully saturated rings. The summed E-state index contributed by atoms with van der Waals surface area (Å²) in [6.45, 7) is 0.855. The molecule has 0 radical (unpaired) electrons. The Morgan fingerprint density at radius 1 is 1.03 bits per heavy atom. The monoisotopic (exact) mass is 448 g/mol. The number of hydrogen-bond acceptors (Lipinski definition) is 4. The van der Waals surface area contributed by atoms with Crippen molar-refractivity contribution in [1.82, 2.24) is 4.98 Å². The highest BCUT2D eigenvalue weighted by atomic mass is 19.3. The molecule has 4 nitrogen and oxygen atoms in total. The number of nitrogens with zero attached hydrogens (tertiary/aromatic N) is 2. The van der Waals surface area contributed by atoms with Crippen molar-refractivity contribution >= 4 is 11.5 Å². The van der Waals surface area contributed by atoms with E-state index in [-0.39, 0.29) is 22.9 Å². The van der Waals surface area contributed by atoms with Crippen LogP contribution in [0, 0.1) is 0 Å². The smallest absolute Gasteiger partial charge is 0.270 e. The van der Waals surface area contributed by atoms with E-state index in [1.807, 2.05) is 43.3 Å². The van der Waals surface area contributed by atoms with Gasteiger partial charge in [0, 0.05) is 43.4 Å². The Morgan fingerprint density at radius 2 is 1.70 bits per heavy atom. The lowest BCUT2D eigenvalue weighted by Crippen LogP contribution is -2.08. The summed E-state index contributed by atoms with van der Waals surface area (Å²) in [7, 11) is 3.90. The van der Waals surface area contributed by atoms with Crippen LogP contribution >= 0.6 is 0 Å². The van der Waals surface area contributed by atoms with Gasteiger partial charge in [0.25, 0.3) is 5.92 Å². The molecule has 3 aromatic rings. The van der Waals surface area contributed by atoms with Gasteiger partial charge in [-0.15, -0.1) is 0 Å². The van der Waals surface area contributed by atoms with Crippen LogP contribution in [0.3, 0.4) is 0 Å². The zero-order valence-corrected chi connectivity index (χ0v) is 18.9. The standard InChI is InChI=1S/C27H26F2N2O2/c1-27(28,29)21-13-9-20(10-14-21)26-30-24(23(32)17-18-7-5-4-6-8-18)25(33-26)19-11-15-22(16-12-19)31(2)3/h4-5,9-17H,6-8H2,1-3H3/b18-17+. The largest absolute Gasteiger partial charge is 0.435 e. The Bertz CT molecular complexity index is 1200. The summed E-state index contributed by atoms with van der Waals surface area (Å²) in [6, 6.07) is 13.4. The highest BCUT2D eigenvalue weighted by molar-refractivity contribution is 6.07. The molecule has 1 heterocycles. The van der Waals surface area contributed by atoms with Gasteiger partial charge < -0.3 is 9.32 Å². The molecule has 1 aromatic heterocycles. The first-order valence-electron chi connectivity index (χ1n) is 10.9. The van der Waals surface area contributed by atoms with E-state index >= 15 is 0 Å². The first-order valence-corrected chi connectivity index (χ1v) is 10.9. The highest BCUT2D eigenvalue weighted by Crippen LogP contribution is 2.34. The summed E-state index contributed by atoms with van der Waals surface area (Å²) in [6.07, 6.45) is 8.31. The number of oxazole rings is 1. The van der Waals surface area contributed by atoms with E-state index in [0.717, 1.165) is 43.0 Å². The molecule has 170 valence electrons. The lowest BCUT2D eigenvalue weighted by molar-refractivity contribution is 0.0175. The van der Waals surface area contributed by atoms with Gasteiger partial charge >= 0.3 is 0 Å². The molecule has 0 saturated heterocycles. The van der Waals surface area contributed by atoms with Crippen LogP contribution in [0.2, 0.25) is 0 Å². The number of aromatic nitrogens is 1. The van der Waals surface area contributed by atoms with E-state index in [1.165, 1.54) is 24.3 Å². The Morgan fingerprint density at radius 3 is 2.27 bits per heavy atom. The Hall–Kier alpha value is -3.54. The molecule has 33 heavy (non-hydrogen) atoms. The summed E-state index contributed by atoms with van der Waals surface area (Å²) in [5, 5.41) is 0. The van der Waals surface area contributed by atoms with Crippen LogP contribution in [-0.2, 0) is 5.92 Å². The maximum absolute atomic E-state index is 13.6. The number of ketones is 1. The van der Waals surface area contributed by atoms with Gasteiger partial charge in [0.05, 0.1) is 0 Å². The predicted octanol–water partition coefficient (Wildman–Crippen LogP) is 7.04. The molecule has 0 saturated carbocycles. The zero-order chi connectivity index (χ0) is 23.6. The first kappa shape index (κ1) is 22.6. The quantitative estimate of drug-likeness (QED) is 0.231. The number of anilines is 1. The number of alkyl halides is 2. The van der Waals surface area contributed by atoms with Gasteiger partial charge in [0.15, 0.2) is 11.5 Å². The van der Waals surface area contributed by atoms with E-state index in [1.54, 1.807) is 6.08 Å². The van der Waals surface area contributed by atoms with Gasteiger partial charge in [-0.3, -0.25) is 4.79 Å². The van der Waals surface area contributed by atoms with E-state index < -0.39 is 5.92 Å². The summed E-state index contributed by atoms with van der Waals surface area (Å²) in [4.78, 5) is 19.7. The fourth-order valence-electron chi connectivity index (χ4n) is 3.73. The Labute approximate surface area is 192 Å². The lowest BCUT2D eigenvalue weighted by Gasteiger charge is -2.12. The Balaban J connectivity index is 1.75. The third-order valence-electron chi connectivity index (χ3n) is 5.66. The van der Waals surface area contributed by atoms with Crippen LogP contribution in [0.5, 0.6) is 0 Å². The second-order valence-corrected chi connectivity index (χ2v) is 8.48. The van der Waals surface area contributed by atoms with Crippen molar-refractivity contribution in [2.75, 3.05) is 19.0 Å². The fourth-order valence-corrected chi connectivity index (χ4v) is 3.73. The maximum Gasteiger partial charge on any atom is 0.270 e. The number of benzene rings is 2. The third kappa shape index (κ3) is 5.11. The lowest BCUT2D eigenvalue weighted by atomic mass is 9.98. The second-order valence-electron chi connectivity index (χ2n) is 8.48. The second kappa shape index (κ2) is 9.14. The van der Waals surface area contributed by atoms with Gasteiger partial charge in [-0.1, -0.05) is 29.9 Å². The minimum Gasteiger partial charge on any atom is -0.435 e. The molecule has 0 unspecified atom stereocenters. The van der Waals surface area contributed by atoms with Crippen LogP contribution in [0.15, 0.2) is 76.7 Å². The normalized spacial score (nSPS) is 15.1. The van der Waals surface area contributed by atoms with E-state index in [9.17, 15) is 13.6 Å². The van der Waals surface area contributed by atoms with E-state index in [0.29, 0.717) is 11.3 Å². The molecule has 6 heteroatoms. The van der Waals surface area contributed by atoms with Crippen LogP contribution < -0.4 is 4.90 Å². The van der Waals surface area contributed by atoms with Gasteiger partial charge in [-0.2, -0.15) is 0 Å². The maximum atomic E-state index is 13.6. The average Bonchev–Trinajstić information content (AvgIpc) is 3.25. The first-order chi connectivity index (χ1) is 15.7. The SMILES string of the molecule is CN(C)c1ccc(-c2oc(-c3ccc(C(C)(F)F)cc3)nc2C(=O)/C=C2\CC=CCC2)cc1. The topological polar surface area (TPSA) is 46.3 Å². The number of rotatable bonds is 6. The van der Waals surface area contributed by atoms with Crippen molar-refractivity contribution in [1.29, 1.82) is 0 Å². The number of hydrogen-bond donors (Lipinski definition) is 0. The molecule has 0 spiro atoms. The van der Waals surface area contributed by atoms with Crippen molar-refractivity contribution in [2.45, 2.75) is 32.1 Å². The van der Waals surface area contributed by atoms with Crippen LogP contribution in [-0.4, -0.2) is 24.9 Å². The average molecular weight is 449 g/mol. The number of carbonyl (C=O) groups excluding carboxylic acids is 1. The molecular weight excluding hydrogens is 422 g/mol. The van der Waals surface area contributed by atoms with E-state index in [4.69, 9.17) is 4.42 Å². The third-order valence-corrected chi connectivity index (χ3v) is 5.66. The number of allylic oxidation sites excluding steroid dienone is 4.